The van der Waals surface area contributed by atoms with Gasteiger partial charge in [0.2, 0.25) is 0 Å². The van der Waals surface area contributed by atoms with Crippen LogP contribution in [-0.4, -0.2) is 23.3 Å². The third kappa shape index (κ3) is 5.36. The molecule has 4 aromatic rings. The molecule has 0 saturated heterocycles. The number of hydrogen-bond donors (Lipinski definition) is 0. The molecule has 0 spiro atoms. The zero-order valence-electron chi connectivity index (χ0n) is 20.3. The Morgan fingerprint density at radius 2 is 1.80 bits per heavy atom. The van der Waals surface area contributed by atoms with Crippen LogP contribution in [0.3, 0.4) is 0 Å². The number of thiazole rings is 1. The molecule has 0 radical (unpaired) electrons. The van der Waals surface area contributed by atoms with Crippen LogP contribution in [0.1, 0.15) is 24.3 Å². The number of ether oxygens (including phenoxy) is 1. The number of esters is 1. The normalized spacial score (nSPS) is 15.7. The Kier molecular flexibility index (Phi) is 7.71. The summed E-state index contributed by atoms with van der Waals surface area (Å²) in [6.07, 6.45) is -3.62. The van der Waals surface area contributed by atoms with Crippen LogP contribution in [0.15, 0.2) is 80.1 Å². The lowest BCUT2D eigenvalue weighted by molar-refractivity contribution is -0.140. The second-order valence-electron chi connectivity index (χ2n) is 8.44. The number of hydrogen-bond acceptors (Lipinski definition) is 6. The van der Waals surface area contributed by atoms with Crippen molar-refractivity contribution in [1.82, 2.24) is 4.57 Å². The van der Waals surface area contributed by atoms with Crippen molar-refractivity contribution in [3.63, 3.8) is 0 Å². The van der Waals surface area contributed by atoms with Gasteiger partial charge in [-0.1, -0.05) is 58.3 Å². The van der Waals surface area contributed by atoms with Crippen molar-refractivity contribution >= 4 is 58.2 Å². The number of aromatic nitrogens is 1. The Morgan fingerprint density at radius 3 is 2.48 bits per heavy atom. The Bertz CT molecular complexity index is 1840. The summed E-state index contributed by atoms with van der Waals surface area (Å²) in [5.41, 5.74) is -2.17. The molecule has 206 valence electrons. The first-order chi connectivity index (χ1) is 19.0. The highest BCUT2D eigenvalue weighted by Gasteiger charge is 2.45. The van der Waals surface area contributed by atoms with Crippen molar-refractivity contribution in [3.05, 3.63) is 112 Å². The van der Waals surface area contributed by atoms with Crippen LogP contribution in [0.25, 0.3) is 17.4 Å². The van der Waals surface area contributed by atoms with E-state index in [-0.39, 0.29) is 27.3 Å². The van der Waals surface area contributed by atoms with E-state index in [9.17, 15) is 22.8 Å². The van der Waals surface area contributed by atoms with Gasteiger partial charge >= 0.3 is 12.1 Å². The van der Waals surface area contributed by atoms with Crippen molar-refractivity contribution in [2.75, 3.05) is 6.61 Å². The van der Waals surface area contributed by atoms with E-state index < -0.39 is 35.0 Å². The molecular formula is C27H16Cl3F3N2O4S. The number of benzene rings is 2. The summed E-state index contributed by atoms with van der Waals surface area (Å²) in [5, 5.41) is 1.15. The molecule has 3 heterocycles. The average molecular weight is 628 g/mol. The number of halogens is 6. The lowest BCUT2D eigenvalue weighted by Gasteiger charge is -2.26. The van der Waals surface area contributed by atoms with E-state index in [4.69, 9.17) is 44.0 Å². The molecule has 0 N–H and O–H groups in total. The number of allylic oxidation sites excluding steroid dienone is 1. The van der Waals surface area contributed by atoms with Gasteiger partial charge in [0.1, 0.15) is 11.5 Å². The first-order valence-corrected chi connectivity index (χ1v) is 13.5. The van der Waals surface area contributed by atoms with Gasteiger partial charge in [-0.05, 0) is 55.0 Å². The van der Waals surface area contributed by atoms with Crippen LogP contribution in [0, 0.1) is 0 Å². The zero-order valence-corrected chi connectivity index (χ0v) is 23.3. The van der Waals surface area contributed by atoms with Gasteiger partial charge in [0, 0.05) is 21.7 Å². The highest BCUT2D eigenvalue weighted by Crippen LogP contribution is 2.38. The minimum absolute atomic E-state index is 0.0300. The molecule has 0 amide bonds. The molecular weight excluding hydrogens is 612 g/mol. The minimum atomic E-state index is -5.01. The Balaban J connectivity index is 1.71. The quantitative estimate of drug-likeness (QED) is 0.235. The first kappa shape index (κ1) is 28.2. The van der Waals surface area contributed by atoms with E-state index in [2.05, 4.69) is 4.99 Å². The maximum atomic E-state index is 14.2. The summed E-state index contributed by atoms with van der Waals surface area (Å²) in [6, 6.07) is 12.4. The number of carbonyl (C=O) groups is 1. The van der Waals surface area contributed by atoms with E-state index in [1.807, 2.05) is 0 Å². The third-order valence-electron chi connectivity index (χ3n) is 5.87. The van der Waals surface area contributed by atoms with E-state index in [1.165, 1.54) is 37.3 Å². The van der Waals surface area contributed by atoms with Gasteiger partial charge in [-0.15, -0.1) is 0 Å². The third-order valence-corrected chi connectivity index (χ3v) is 7.67. The molecule has 13 heteroatoms. The van der Waals surface area contributed by atoms with Crippen molar-refractivity contribution in [3.8, 4) is 11.3 Å². The van der Waals surface area contributed by atoms with E-state index in [1.54, 1.807) is 30.3 Å². The number of alkyl halides is 3. The molecule has 6 nitrogen and oxygen atoms in total. The van der Waals surface area contributed by atoms with Gasteiger partial charge in [0.05, 0.1) is 27.8 Å². The average Bonchev–Trinajstić information content (AvgIpc) is 3.49. The molecule has 2 aromatic heterocycles. The van der Waals surface area contributed by atoms with Crippen LogP contribution in [0.5, 0.6) is 0 Å². The van der Waals surface area contributed by atoms with Crippen LogP contribution < -0.4 is 14.9 Å². The molecule has 40 heavy (non-hydrogen) atoms. The lowest BCUT2D eigenvalue weighted by Crippen LogP contribution is -2.41. The van der Waals surface area contributed by atoms with Gasteiger partial charge in [0.25, 0.3) is 5.56 Å². The standard InChI is InChI=1S/C27H16Cl3F3N2O4S/c1-2-38-25(37)21-22(13-3-5-14(28)6-4-13)35-24(36)20(40-26(35)34-23(21)27(31,32)33)12-16-8-10-19(39-16)17-11-15(29)7-9-18(17)30/h3-12,22H,2H2,1H3/b20-12-/t22-/m1/s1. The zero-order chi connectivity index (χ0) is 28.8. The predicted molar refractivity (Wildman–Crippen MR) is 146 cm³/mol. The fourth-order valence-electron chi connectivity index (χ4n) is 4.19. The second kappa shape index (κ2) is 10.9. The van der Waals surface area contributed by atoms with E-state index >= 15 is 0 Å². The van der Waals surface area contributed by atoms with Crippen molar-refractivity contribution in [1.29, 1.82) is 0 Å². The van der Waals surface area contributed by atoms with Crippen LogP contribution in [0.4, 0.5) is 13.2 Å². The Labute approximate surface area is 243 Å². The fraction of sp³-hybridized carbons (Fsp3) is 0.148. The van der Waals surface area contributed by atoms with Crippen molar-refractivity contribution in [2.24, 2.45) is 4.99 Å². The highest BCUT2D eigenvalue weighted by atomic mass is 35.5. The maximum absolute atomic E-state index is 14.2. The number of fused-ring (bicyclic) bond motifs is 1. The minimum Gasteiger partial charge on any atom is -0.463 e. The van der Waals surface area contributed by atoms with Gasteiger partial charge in [-0.25, -0.2) is 9.79 Å². The number of nitrogens with zero attached hydrogens (tertiary/aromatic N) is 2. The molecule has 0 unspecified atom stereocenters. The lowest BCUT2D eigenvalue weighted by atomic mass is 9.95. The molecule has 0 fully saturated rings. The van der Waals surface area contributed by atoms with Crippen LogP contribution in [0.2, 0.25) is 15.1 Å². The number of rotatable bonds is 5. The fourth-order valence-corrected chi connectivity index (χ4v) is 5.68. The van der Waals surface area contributed by atoms with Crippen LogP contribution in [-0.2, 0) is 9.53 Å². The monoisotopic (exact) mass is 626 g/mol. The predicted octanol–water partition coefficient (Wildman–Crippen LogP) is 6.56. The van der Waals surface area contributed by atoms with Crippen LogP contribution >= 0.6 is 46.1 Å². The number of furan rings is 1. The SMILES string of the molecule is CCOC(=O)C1=C(C(F)(F)F)N=c2s/c(=C\c3ccc(-c4cc(Cl)ccc4Cl)o3)c(=O)n2[C@@H]1c1ccc(Cl)cc1. The molecule has 5 rings (SSSR count). The smallest absolute Gasteiger partial charge is 0.434 e. The summed E-state index contributed by atoms with van der Waals surface area (Å²) in [7, 11) is 0. The molecule has 1 aliphatic rings. The molecule has 1 atom stereocenters. The van der Waals surface area contributed by atoms with Crippen molar-refractivity contribution < 1.29 is 27.1 Å². The summed E-state index contributed by atoms with van der Waals surface area (Å²) < 4.78 is 54.5. The molecule has 0 bridgehead atoms. The largest absolute Gasteiger partial charge is 0.463 e. The Hall–Kier alpha value is -3.31. The summed E-state index contributed by atoms with van der Waals surface area (Å²) in [6.45, 7) is 1.29. The molecule has 2 aromatic carbocycles. The molecule has 0 aliphatic carbocycles. The summed E-state index contributed by atoms with van der Waals surface area (Å²) in [5.74, 6) is -0.628. The van der Waals surface area contributed by atoms with Crippen molar-refractivity contribution in [2.45, 2.75) is 19.1 Å². The van der Waals surface area contributed by atoms with Gasteiger partial charge in [0.15, 0.2) is 10.5 Å². The van der Waals surface area contributed by atoms with Gasteiger partial charge in [-0.3, -0.25) is 9.36 Å². The van der Waals surface area contributed by atoms with Gasteiger partial charge < -0.3 is 9.15 Å². The van der Waals surface area contributed by atoms with E-state index in [0.717, 1.165) is 15.9 Å². The van der Waals surface area contributed by atoms with E-state index in [0.29, 0.717) is 26.4 Å². The maximum Gasteiger partial charge on any atom is 0.434 e. The molecule has 0 saturated carbocycles. The highest BCUT2D eigenvalue weighted by molar-refractivity contribution is 7.07. The summed E-state index contributed by atoms with van der Waals surface area (Å²) in [4.78, 5) is 30.0. The molecule has 1 aliphatic heterocycles. The topological polar surface area (TPSA) is 73.8 Å². The second-order valence-corrected chi connectivity index (χ2v) is 10.7. The number of carbonyl (C=O) groups excluding carboxylic acids is 1. The Morgan fingerprint density at radius 1 is 1.10 bits per heavy atom. The van der Waals surface area contributed by atoms with Gasteiger partial charge in [-0.2, -0.15) is 13.2 Å². The summed E-state index contributed by atoms with van der Waals surface area (Å²) >= 11 is 19.0. The first-order valence-electron chi connectivity index (χ1n) is 11.6.